The van der Waals surface area contributed by atoms with Crippen molar-refractivity contribution < 1.29 is 53.8 Å². The molecule has 1 aliphatic carbocycles. The van der Waals surface area contributed by atoms with E-state index in [0.29, 0.717) is 94.6 Å². The molecule has 1 saturated carbocycles. The zero-order chi connectivity index (χ0) is 43.9. The average Bonchev–Trinajstić information content (AvgIpc) is 3.18. The summed E-state index contributed by atoms with van der Waals surface area (Å²) in [6.45, 7) is 4.60. The molecule has 2 atom stereocenters. The van der Waals surface area contributed by atoms with Crippen molar-refractivity contribution in [2.75, 3.05) is 60.9 Å². The summed E-state index contributed by atoms with van der Waals surface area (Å²) in [5.74, 6) is -2.73. The van der Waals surface area contributed by atoms with Gasteiger partial charge in [0, 0.05) is 64.5 Å². The number of hydrogen-bond donors (Lipinski definition) is 4. The van der Waals surface area contributed by atoms with Crippen LogP contribution < -0.4 is 25.2 Å². The summed E-state index contributed by atoms with van der Waals surface area (Å²) in [5, 5.41) is 15.1. The Labute approximate surface area is 348 Å². The number of anilines is 4. The number of β-amino-alcohol motifs (C(OH)–C–C–N with tert-alkyl or cyclic N) is 1. The molecule has 2 amide bonds. The van der Waals surface area contributed by atoms with Gasteiger partial charge in [-0.05, 0) is 93.7 Å². The first-order valence-corrected chi connectivity index (χ1v) is 21.7. The van der Waals surface area contributed by atoms with Gasteiger partial charge in [0.1, 0.15) is 17.2 Å². The molecule has 0 spiro atoms. The number of sulfonamides is 1. The molecule has 0 radical (unpaired) electrons. The molecular weight excluding hydrogens is 838 g/mol. The molecule has 61 heavy (non-hydrogen) atoms. The predicted molar refractivity (Wildman–Crippen MR) is 210 cm³/mol. The lowest BCUT2D eigenvalue weighted by Crippen LogP contribution is -2.48. The van der Waals surface area contributed by atoms with Crippen LogP contribution in [0.25, 0.3) is 0 Å². The molecule has 0 bridgehead atoms. The van der Waals surface area contributed by atoms with E-state index < -0.39 is 85.1 Å². The number of amides is 2. The van der Waals surface area contributed by atoms with Gasteiger partial charge in [-0.3, -0.25) is 19.8 Å². The number of carbonyl (C=O) groups is 2. The minimum absolute atomic E-state index is 0.111. The van der Waals surface area contributed by atoms with Crippen molar-refractivity contribution in [3.63, 3.8) is 0 Å². The zero-order valence-corrected chi connectivity index (χ0v) is 34.1. The summed E-state index contributed by atoms with van der Waals surface area (Å²) in [7, 11) is -4.43. The monoisotopic (exact) mass is 884 g/mol. The summed E-state index contributed by atoms with van der Waals surface area (Å²) >= 11 is 0. The molecule has 2 aromatic carbocycles. The first-order valence-electron chi connectivity index (χ1n) is 20.2. The van der Waals surface area contributed by atoms with Gasteiger partial charge >= 0.3 is 12.4 Å². The second kappa shape index (κ2) is 17.3. The van der Waals surface area contributed by atoms with E-state index >= 15 is 4.39 Å². The summed E-state index contributed by atoms with van der Waals surface area (Å²) in [6.07, 6.45) is -6.05. The summed E-state index contributed by atoms with van der Waals surface area (Å²) in [5.41, 5.74) is -3.65. The van der Waals surface area contributed by atoms with Crippen molar-refractivity contribution in [3.8, 4) is 0 Å². The highest BCUT2D eigenvalue weighted by Gasteiger charge is 2.40. The number of benzene rings is 2. The molecule has 4 N–H and O–H groups in total. The molecule has 3 aromatic rings. The number of piperazine rings is 1. The van der Waals surface area contributed by atoms with Crippen LogP contribution >= 0.6 is 0 Å². The summed E-state index contributed by atoms with van der Waals surface area (Å²) in [6, 6.07) is 6.52. The van der Waals surface area contributed by atoms with Crippen molar-refractivity contribution in [2.45, 2.75) is 93.1 Å². The zero-order valence-electron chi connectivity index (χ0n) is 33.3. The third kappa shape index (κ3) is 10.5. The highest BCUT2D eigenvalue weighted by Crippen LogP contribution is 2.40. The number of piperidine rings is 2. The van der Waals surface area contributed by atoms with Crippen LogP contribution in [-0.2, 0) is 32.0 Å². The highest BCUT2D eigenvalue weighted by atomic mass is 32.2. The van der Waals surface area contributed by atoms with Crippen LogP contribution in [0.1, 0.15) is 80.9 Å². The molecule has 3 saturated heterocycles. The van der Waals surface area contributed by atoms with Crippen LogP contribution in [0.4, 0.5) is 53.9 Å². The Morgan fingerprint density at radius 2 is 1.61 bits per heavy atom. The molecule has 21 heteroatoms. The van der Waals surface area contributed by atoms with E-state index in [1.165, 1.54) is 17.9 Å². The third-order valence-corrected chi connectivity index (χ3v) is 13.4. The van der Waals surface area contributed by atoms with Gasteiger partial charge in [-0.2, -0.15) is 31.3 Å². The second-order valence-electron chi connectivity index (χ2n) is 16.6. The second-order valence-corrected chi connectivity index (χ2v) is 18.3. The average molecular weight is 885 g/mol. The standard InChI is InChI=1S/C40H47F7N8O5S/c1-38(58)13-2-14-55(23-38)35-30(40(45,46)47)21-48-37(51-35)49-32-10-8-27(20-29(32)39(42,43)44)61(59,60)52-26-6-3-24(4-7-26)22-53-15-17-54(18-16-53)33-11-5-25(19-31(33)41)28-9-12-34(56)50-36(28)57/h5,8,10-11,19-21,24,26,28,52,58H,2-4,6-7,9,12-18,22-23H2,1H3,(H,48,49,51)(H,50,56,57)/t24?,26?,28?,38-/m0/s1. The molecule has 3 aliphatic heterocycles. The van der Waals surface area contributed by atoms with Crippen LogP contribution in [0.15, 0.2) is 47.5 Å². The van der Waals surface area contributed by atoms with Gasteiger partial charge in [0.2, 0.25) is 27.8 Å². The Bertz CT molecular complexity index is 2230. The number of carbonyl (C=O) groups excluding carboxylic acids is 2. The molecule has 4 aliphatic rings. The SMILES string of the molecule is C[C@]1(O)CCCN(c2nc(Nc3ccc(S(=O)(=O)NC4CCC(CN5CCN(c6ccc(C7CCC(=O)NC7=O)cc6F)CC5)CC4)cc3C(F)(F)F)ncc2C(F)(F)F)C1. The van der Waals surface area contributed by atoms with Crippen molar-refractivity contribution >= 4 is 45.0 Å². The third-order valence-electron chi connectivity index (χ3n) is 11.9. The van der Waals surface area contributed by atoms with E-state index in [-0.39, 0.29) is 31.3 Å². The molecule has 4 heterocycles. The number of rotatable bonds is 10. The number of halogens is 7. The van der Waals surface area contributed by atoms with E-state index in [2.05, 4.69) is 30.2 Å². The molecule has 13 nitrogen and oxygen atoms in total. The van der Waals surface area contributed by atoms with Gasteiger partial charge in [-0.25, -0.2) is 22.5 Å². The lowest BCUT2D eigenvalue weighted by Gasteiger charge is -2.39. The normalized spacial score (nSPS) is 24.8. The van der Waals surface area contributed by atoms with Crippen molar-refractivity contribution in [2.24, 2.45) is 5.92 Å². The number of hydrogen-bond acceptors (Lipinski definition) is 11. The van der Waals surface area contributed by atoms with Gasteiger partial charge in [-0.15, -0.1) is 0 Å². The van der Waals surface area contributed by atoms with Crippen LogP contribution in [0.3, 0.4) is 0 Å². The van der Waals surface area contributed by atoms with Crippen molar-refractivity contribution in [1.82, 2.24) is 24.9 Å². The highest BCUT2D eigenvalue weighted by molar-refractivity contribution is 7.89. The van der Waals surface area contributed by atoms with Gasteiger partial charge in [0.05, 0.1) is 33.4 Å². The molecule has 1 unspecified atom stereocenters. The Balaban J connectivity index is 0.937. The first-order chi connectivity index (χ1) is 28.6. The summed E-state index contributed by atoms with van der Waals surface area (Å²) < 4.78 is 130. The topological polar surface area (TPSA) is 160 Å². The Kier molecular flexibility index (Phi) is 12.6. The molecule has 7 rings (SSSR count). The number of aliphatic hydroxyl groups is 1. The lowest BCUT2D eigenvalue weighted by atomic mass is 9.86. The van der Waals surface area contributed by atoms with Crippen LogP contribution in [0, 0.1) is 11.7 Å². The van der Waals surface area contributed by atoms with E-state index in [9.17, 15) is 49.5 Å². The van der Waals surface area contributed by atoms with Gasteiger partial charge in [0.15, 0.2) is 0 Å². The quantitative estimate of drug-likeness (QED) is 0.141. The van der Waals surface area contributed by atoms with Crippen LogP contribution in [0.2, 0.25) is 0 Å². The molecule has 332 valence electrons. The fourth-order valence-corrected chi connectivity index (χ4v) is 10.1. The van der Waals surface area contributed by atoms with E-state index in [0.717, 1.165) is 18.7 Å². The molecule has 4 fully saturated rings. The van der Waals surface area contributed by atoms with Gasteiger partial charge in [0.25, 0.3) is 0 Å². The van der Waals surface area contributed by atoms with E-state index in [1.807, 2.05) is 4.90 Å². The predicted octanol–water partition coefficient (Wildman–Crippen LogP) is 5.93. The number of alkyl halides is 6. The van der Waals surface area contributed by atoms with E-state index in [4.69, 9.17) is 0 Å². The fraction of sp³-hybridized carbons (Fsp3) is 0.550. The van der Waals surface area contributed by atoms with Crippen LogP contribution in [-0.4, -0.2) is 97.7 Å². The summed E-state index contributed by atoms with van der Waals surface area (Å²) in [4.78, 5) is 36.1. The Hall–Kier alpha value is -4.60. The lowest BCUT2D eigenvalue weighted by molar-refractivity contribution is -0.138. The molecule has 1 aromatic heterocycles. The maximum absolute atomic E-state index is 15.2. The number of nitrogens with zero attached hydrogens (tertiary/aromatic N) is 5. The Morgan fingerprint density at radius 1 is 0.902 bits per heavy atom. The van der Waals surface area contributed by atoms with E-state index in [1.54, 1.807) is 12.1 Å². The number of imide groups is 1. The first kappa shape index (κ1) is 44.5. The van der Waals surface area contributed by atoms with Crippen molar-refractivity contribution in [3.05, 3.63) is 65.1 Å². The fourth-order valence-electron chi connectivity index (χ4n) is 8.72. The number of aromatic nitrogens is 2. The Morgan fingerprint density at radius 3 is 2.25 bits per heavy atom. The van der Waals surface area contributed by atoms with Crippen LogP contribution in [0.5, 0.6) is 0 Å². The largest absolute Gasteiger partial charge is 0.421 e. The molecular formula is C40H47F7N8O5S. The van der Waals surface area contributed by atoms with Crippen molar-refractivity contribution in [1.29, 1.82) is 0 Å². The maximum atomic E-state index is 15.2. The minimum Gasteiger partial charge on any atom is -0.388 e. The minimum atomic E-state index is -5.08. The van der Waals surface area contributed by atoms with Gasteiger partial charge < -0.3 is 20.2 Å². The maximum Gasteiger partial charge on any atom is 0.421 e. The number of nitrogens with one attached hydrogen (secondary N) is 3. The smallest absolute Gasteiger partial charge is 0.388 e. The van der Waals surface area contributed by atoms with Gasteiger partial charge in [-0.1, -0.05) is 6.07 Å².